The van der Waals surface area contributed by atoms with Gasteiger partial charge in [-0.2, -0.15) is 0 Å². The number of aryl methyl sites for hydroxylation is 1. The Balaban J connectivity index is 2.06. The molecule has 0 aliphatic carbocycles. The molecule has 3 amide bonds. The van der Waals surface area contributed by atoms with Crippen LogP contribution in [-0.2, 0) is 14.4 Å². The van der Waals surface area contributed by atoms with Gasteiger partial charge in [0.15, 0.2) is 0 Å². The fourth-order valence-corrected chi connectivity index (χ4v) is 4.02. The number of imide groups is 1. The summed E-state index contributed by atoms with van der Waals surface area (Å²) in [6, 6.07) is 12.0. The lowest BCUT2D eigenvalue weighted by atomic mass is 10.1. The number of carbonyl (C=O) groups excluding carboxylic acids is 3. The molecule has 0 fully saturated rings. The Morgan fingerprint density at radius 2 is 1.83 bits per heavy atom. The highest BCUT2D eigenvalue weighted by Crippen LogP contribution is 2.41. The number of hydrogen-bond donors (Lipinski definition) is 2. The van der Waals surface area contributed by atoms with E-state index >= 15 is 0 Å². The van der Waals surface area contributed by atoms with Gasteiger partial charge >= 0.3 is 0 Å². The van der Waals surface area contributed by atoms with E-state index < -0.39 is 11.8 Å². The molecule has 156 valence electrons. The van der Waals surface area contributed by atoms with Gasteiger partial charge < -0.3 is 15.2 Å². The molecule has 8 heteroatoms. The Morgan fingerprint density at radius 3 is 2.43 bits per heavy atom. The quantitative estimate of drug-likeness (QED) is 0.661. The molecule has 1 heterocycles. The van der Waals surface area contributed by atoms with Crippen molar-refractivity contribution < 1.29 is 24.2 Å². The Kier molecular flexibility index (Phi) is 6.59. The molecule has 0 unspecified atom stereocenters. The molecule has 0 atom stereocenters. The summed E-state index contributed by atoms with van der Waals surface area (Å²) in [5.41, 5.74) is 2.65. The fraction of sp³-hybridized carbons (Fsp3) is 0.227. The van der Waals surface area contributed by atoms with Crippen LogP contribution in [0.2, 0.25) is 0 Å². The molecule has 7 nitrogen and oxygen atoms in total. The number of thioether (sulfide) groups is 1. The second-order valence-corrected chi connectivity index (χ2v) is 7.76. The number of carbonyl (C=O) groups is 3. The van der Waals surface area contributed by atoms with E-state index in [-0.39, 0.29) is 28.7 Å². The van der Waals surface area contributed by atoms with E-state index in [0.717, 1.165) is 22.2 Å². The minimum atomic E-state index is -0.461. The van der Waals surface area contributed by atoms with Crippen LogP contribution in [0.25, 0.3) is 5.57 Å². The Morgan fingerprint density at radius 1 is 1.13 bits per heavy atom. The monoisotopic (exact) mass is 426 g/mol. The van der Waals surface area contributed by atoms with Crippen LogP contribution in [0, 0.1) is 6.92 Å². The summed E-state index contributed by atoms with van der Waals surface area (Å²) in [6.07, 6.45) is 0. The SMILES string of the molecule is COc1ccc(C)cc1N1C(=O)C(SCCO)=C(c2ccc(NC(C)=O)cc2)C1=O. The van der Waals surface area contributed by atoms with E-state index in [2.05, 4.69) is 5.32 Å². The number of ether oxygens (including phenoxy) is 1. The lowest BCUT2D eigenvalue weighted by Crippen LogP contribution is -2.31. The molecule has 3 rings (SSSR count). The molecule has 1 aliphatic heterocycles. The van der Waals surface area contributed by atoms with Crippen molar-refractivity contribution in [2.45, 2.75) is 13.8 Å². The van der Waals surface area contributed by atoms with Crippen LogP contribution in [0.4, 0.5) is 11.4 Å². The van der Waals surface area contributed by atoms with Crippen LogP contribution >= 0.6 is 11.8 Å². The first-order valence-corrected chi connectivity index (χ1v) is 10.2. The van der Waals surface area contributed by atoms with Crippen LogP contribution in [0.1, 0.15) is 18.1 Å². The van der Waals surface area contributed by atoms with Gasteiger partial charge in [-0.1, -0.05) is 18.2 Å². The zero-order valence-corrected chi connectivity index (χ0v) is 17.7. The molecule has 0 radical (unpaired) electrons. The highest BCUT2D eigenvalue weighted by Gasteiger charge is 2.41. The minimum absolute atomic E-state index is 0.127. The number of nitrogens with zero attached hydrogens (tertiary/aromatic N) is 1. The number of anilines is 2. The molecular weight excluding hydrogens is 404 g/mol. The van der Waals surface area contributed by atoms with Crippen molar-refractivity contribution in [3.8, 4) is 5.75 Å². The summed E-state index contributed by atoms with van der Waals surface area (Å²) in [6.45, 7) is 3.15. The number of aliphatic hydroxyl groups excluding tert-OH is 1. The van der Waals surface area contributed by atoms with Crippen molar-refractivity contribution >= 4 is 46.4 Å². The Labute approximate surface area is 178 Å². The first-order valence-electron chi connectivity index (χ1n) is 9.26. The normalized spacial score (nSPS) is 13.8. The second-order valence-electron chi connectivity index (χ2n) is 6.66. The zero-order valence-electron chi connectivity index (χ0n) is 16.9. The molecule has 2 aromatic rings. The van der Waals surface area contributed by atoms with Gasteiger partial charge in [0.05, 0.1) is 29.9 Å². The molecule has 0 bridgehead atoms. The van der Waals surface area contributed by atoms with Crippen molar-refractivity contribution in [3.63, 3.8) is 0 Å². The molecule has 1 aliphatic rings. The molecular formula is C22H22N2O5S. The molecule has 2 N–H and O–H groups in total. The van der Waals surface area contributed by atoms with E-state index in [0.29, 0.717) is 22.7 Å². The Bertz CT molecular complexity index is 1030. The zero-order chi connectivity index (χ0) is 21.8. The third-order valence-electron chi connectivity index (χ3n) is 4.45. The number of rotatable bonds is 7. The minimum Gasteiger partial charge on any atom is -0.495 e. The molecule has 0 saturated carbocycles. The van der Waals surface area contributed by atoms with E-state index in [4.69, 9.17) is 4.74 Å². The lowest BCUT2D eigenvalue weighted by molar-refractivity contribution is -0.120. The predicted molar refractivity (Wildman–Crippen MR) is 117 cm³/mol. The van der Waals surface area contributed by atoms with Gasteiger partial charge in [0, 0.05) is 18.4 Å². The van der Waals surface area contributed by atoms with Crippen molar-refractivity contribution in [1.82, 2.24) is 0 Å². The maximum absolute atomic E-state index is 13.4. The van der Waals surface area contributed by atoms with Gasteiger partial charge in [-0.25, -0.2) is 4.90 Å². The summed E-state index contributed by atoms with van der Waals surface area (Å²) in [5.74, 6) is -0.428. The lowest BCUT2D eigenvalue weighted by Gasteiger charge is -2.19. The number of aliphatic hydroxyl groups is 1. The topological polar surface area (TPSA) is 95.9 Å². The predicted octanol–water partition coefficient (Wildman–Crippen LogP) is 2.97. The molecule has 2 aromatic carbocycles. The standard InChI is InChI=1S/C22H22N2O5S/c1-13-4-9-18(29-3)17(12-13)24-21(27)19(20(22(24)28)30-11-10-25)15-5-7-16(8-6-15)23-14(2)26/h4-9,12,25H,10-11H2,1-3H3,(H,23,26). The van der Waals surface area contributed by atoms with Crippen LogP contribution in [0.5, 0.6) is 5.75 Å². The van der Waals surface area contributed by atoms with Crippen LogP contribution < -0.4 is 15.0 Å². The highest BCUT2D eigenvalue weighted by molar-refractivity contribution is 8.04. The average Bonchev–Trinajstić information content (AvgIpc) is 2.96. The number of benzene rings is 2. The summed E-state index contributed by atoms with van der Waals surface area (Å²) >= 11 is 1.14. The first kappa shape index (κ1) is 21.6. The van der Waals surface area contributed by atoms with Crippen molar-refractivity contribution in [1.29, 1.82) is 0 Å². The number of amides is 3. The third-order valence-corrected chi connectivity index (χ3v) is 5.50. The van der Waals surface area contributed by atoms with E-state index in [9.17, 15) is 19.5 Å². The maximum atomic E-state index is 13.4. The highest BCUT2D eigenvalue weighted by atomic mass is 32.2. The fourth-order valence-electron chi connectivity index (χ4n) is 3.16. The van der Waals surface area contributed by atoms with Crippen LogP contribution in [0.15, 0.2) is 47.4 Å². The van der Waals surface area contributed by atoms with E-state index in [1.54, 1.807) is 36.4 Å². The van der Waals surface area contributed by atoms with Crippen molar-refractivity contribution in [2.75, 3.05) is 29.7 Å². The van der Waals surface area contributed by atoms with E-state index in [1.807, 2.05) is 13.0 Å². The van der Waals surface area contributed by atoms with Gasteiger partial charge in [-0.3, -0.25) is 14.4 Å². The van der Waals surface area contributed by atoms with Crippen molar-refractivity contribution in [3.05, 3.63) is 58.5 Å². The first-order chi connectivity index (χ1) is 14.4. The third kappa shape index (κ3) is 4.24. The Hall–Kier alpha value is -3.10. The van der Waals surface area contributed by atoms with Crippen LogP contribution in [0.3, 0.4) is 0 Å². The second kappa shape index (κ2) is 9.15. The van der Waals surface area contributed by atoms with Crippen molar-refractivity contribution in [2.24, 2.45) is 0 Å². The van der Waals surface area contributed by atoms with Gasteiger partial charge in [-0.05, 0) is 42.3 Å². The number of nitrogens with one attached hydrogen (secondary N) is 1. The van der Waals surface area contributed by atoms with Gasteiger partial charge in [0.2, 0.25) is 5.91 Å². The van der Waals surface area contributed by atoms with Gasteiger partial charge in [0.1, 0.15) is 5.75 Å². The molecule has 30 heavy (non-hydrogen) atoms. The maximum Gasteiger partial charge on any atom is 0.272 e. The van der Waals surface area contributed by atoms with Gasteiger partial charge in [-0.15, -0.1) is 11.8 Å². The molecule has 0 aromatic heterocycles. The summed E-state index contributed by atoms with van der Waals surface area (Å²) in [7, 11) is 1.48. The number of methoxy groups -OCH3 is 1. The van der Waals surface area contributed by atoms with Crippen LogP contribution in [-0.4, -0.2) is 42.3 Å². The summed E-state index contributed by atoms with van der Waals surface area (Å²) in [5, 5.41) is 11.9. The van der Waals surface area contributed by atoms with Gasteiger partial charge in [0.25, 0.3) is 11.8 Å². The van der Waals surface area contributed by atoms with E-state index in [1.165, 1.54) is 14.0 Å². The largest absolute Gasteiger partial charge is 0.495 e. The summed E-state index contributed by atoms with van der Waals surface area (Å²) in [4.78, 5) is 39.2. The summed E-state index contributed by atoms with van der Waals surface area (Å²) < 4.78 is 5.37. The average molecular weight is 426 g/mol. The number of hydrogen-bond acceptors (Lipinski definition) is 6. The molecule has 0 saturated heterocycles. The molecule has 0 spiro atoms. The smallest absolute Gasteiger partial charge is 0.272 e.